The van der Waals surface area contributed by atoms with Crippen molar-refractivity contribution in [1.82, 2.24) is 4.90 Å². The molecule has 0 radical (unpaired) electrons. The summed E-state index contributed by atoms with van der Waals surface area (Å²) in [6.07, 6.45) is 19.2. The lowest BCUT2D eigenvalue weighted by molar-refractivity contribution is -0.158. The van der Waals surface area contributed by atoms with E-state index in [-0.39, 0.29) is 18.2 Å². The molecule has 0 aliphatic carbocycles. The van der Waals surface area contributed by atoms with Crippen LogP contribution in [0.25, 0.3) is 0 Å². The first-order chi connectivity index (χ1) is 19.9. The Morgan fingerprint density at radius 2 is 1.34 bits per heavy atom. The van der Waals surface area contributed by atoms with Crippen LogP contribution in [-0.2, 0) is 14.3 Å². The molecule has 2 N–H and O–H groups in total. The molecule has 6 atom stereocenters. The molecule has 0 bridgehead atoms. The number of aliphatic hydroxyl groups is 2. The number of carbonyl (C=O) groups is 1. The van der Waals surface area contributed by atoms with Crippen molar-refractivity contribution in [2.24, 2.45) is 11.8 Å². The highest BCUT2D eigenvalue weighted by atomic mass is 16.6. The Labute approximate surface area is 254 Å². The van der Waals surface area contributed by atoms with E-state index in [0.29, 0.717) is 44.3 Å². The Morgan fingerprint density at radius 3 is 1.85 bits per heavy atom. The van der Waals surface area contributed by atoms with Crippen molar-refractivity contribution in [2.75, 3.05) is 26.2 Å². The SMILES string of the molecule is CCCCCCCCC(O)CN(CCCC(=O)OC(CC)C1OCCC1C(C)CC)CC(O)CCCCCCCC. The number of hydrogen-bond acceptors (Lipinski definition) is 6. The molecule has 0 saturated carbocycles. The smallest absolute Gasteiger partial charge is 0.306 e. The van der Waals surface area contributed by atoms with Crippen LogP contribution in [0.1, 0.15) is 157 Å². The van der Waals surface area contributed by atoms with Gasteiger partial charge in [-0.15, -0.1) is 0 Å². The minimum Gasteiger partial charge on any atom is -0.460 e. The molecule has 0 amide bonds. The van der Waals surface area contributed by atoms with Gasteiger partial charge in [-0.05, 0) is 50.5 Å². The summed E-state index contributed by atoms with van der Waals surface area (Å²) in [5.41, 5.74) is 0. The van der Waals surface area contributed by atoms with Crippen LogP contribution in [-0.4, -0.2) is 71.7 Å². The molecule has 1 rings (SSSR count). The maximum absolute atomic E-state index is 12.8. The Bertz CT molecular complexity index is 593. The first kappa shape index (κ1) is 38.3. The fraction of sp³-hybridized carbons (Fsp3) is 0.971. The van der Waals surface area contributed by atoms with E-state index in [1.165, 1.54) is 64.2 Å². The Hall–Kier alpha value is -0.690. The zero-order chi connectivity index (χ0) is 30.3. The summed E-state index contributed by atoms with van der Waals surface area (Å²) in [4.78, 5) is 15.0. The number of carbonyl (C=O) groups excluding carboxylic acids is 1. The summed E-state index contributed by atoms with van der Waals surface area (Å²) in [6, 6.07) is 0. The summed E-state index contributed by atoms with van der Waals surface area (Å²) in [7, 11) is 0. The Kier molecular flexibility index (Phi) is 23.1. The molecular formula is C35H69NO5. The van der Waals surface area contributed by atoms with Crippen molar-refractivity contribution in [1.29, 1.82) is 0 Å². The molecule has 1 saturated heterocycles. The molecule has 1 aliphatic rings. The van der Waals surface area contributed by atoms with Crippen molar-refractivity contribution in [3.05, 3.63) is 0 Å². The van der Waals surface area contributed by atoms with Crippen molar-refractivity contribution in [3.63, 3.8) is 0 Å². The van der Waals surface area contributed by atoms with Gasteiger partial charge in [-0.2, -0.15) is 0 Å². The van der Waals surface area contributed by atoms with Gasteiger partial charge in [0.25, 0.3) is 0 Å². The topological polar surface area (TPSA) is 79.2 Å². The van der Waals surface area contributed by atoms with Gasteiger partial charge >= 0.3 is 5.97 Å². The van der Waals surface area contributed by atoms with Crippen molar-refractivity contribution >= 4 is 5.97 Å². The second kappa shape index (κ2) is 24.7. The number of nitrogens with zero attached hydrogens (tertiary/aromatic N) is 1. The average Bonchev–Trinajstić information content (AvgIpc) is 3.45. The molecule has 0 aromatic rings. The van der Waals surface area contributed by atoms with Crippen LogP contribution in [0.15, 0.2) is 0 Å². The standard InChI is InChI=1S/C35H69NO5/c1-6-10-12-14-16-18-21-30(37)27-36(28-31(38)22-19-17-15-13-11-7-2)25-20-23-34(39)41-33(9-4)35-32(24-26-40-35)29(5)8-3/h29-33,35,37-38H,6-28H2,1-5H3. The van der Waals surface area contributed by atoms with Gasteiger partial charge in [-0.3, -0.25) is 9.69 Å². The number of aliphatic hydroxyl groups excluding tert-OH is 2. The molecule has 6 nitrogen and oxygen atoms in total. The highest BCUT2D eigenvalue weighted by molar-refractivity contribution is 5.69. The fourth-order valence-electron chi connectivity index (χ4n) is 6.34. The van der Waals surface area contributed by atoms with Gasteiger partial charge in [0.15, 0.2) is 0 Å². The van der Waals surface area contributed by atoms with Gasteiger partial charge in [0.2, 0.25) is 0 Å². The second-order valence-corrected chi connectivity index (χ2v) is 12.9. The van der Waals surface area contributed by atoms with Gasteiger partial charge in [0, 0.05) is 26.1 Å². The van der Waals surface area contributed by atoms with Gasteiger partial charge in [-0.1, -0.05) is 118 Å². The van der Waals surface area contributed by atoms with Crippen LogP contribution in [0.2, 0.25) is 0 Å². The summed E-state index contributed by atoms with van der Waals surface area (Å²) >= 11 is 0. The first-order valence-electron chi connectivity index (χ1n) is 17.8. The molecule has 6 unspecified atom stereocenters. The van der Waals surface area contributed by atoms with E-state index in [1.54, 1.807) is 0 Å². The zero-order valence-corrected chi connectivity index (χ0v) is 27.8. The summed E-state index contributed by atoms with van der Waals surface area (Å²) < 4.78 is 12.0. The van der Waals surface area contributed by atoms with E-state index in [9.17, 15) is 15.0 Å². The third kappa shape index (κ3) is 17.9. The molecule has 41 heavy (non-hydrogen) atoms. The second-order valence-electron chi connectivity index (χ2n) is 12.9. The summed E-state index contributed by atoms with van der Waals surface area (Å²) in [5.74, 6) is 0.860. The first-order valence-corrected chi connectivity index (χ1v) is 17.8. The van der Waals surface area contributed by atoms with E-state index < -0.39 is 12.2 Å². The predicted molar refractivity (Wildman–Crippen MR) is 171 cm³/mol. The minimum absolute atomic E-state index is 0.00429. The Balaban J connectivity index is 2.54. The normalized spacial score (nSPS) is 20.3. The van der Waals surface area contributed by atoms with Gasteiger partial charge in [0.1, 0.15) is 6.10 Å². The monoisotopic (exact) mass is 584 g/mol. The van der Waals surface area contributed by atoms with Gasteiger partial charge in [0.05, 0.1) is 18.3 Å². The lowest BCUT2D eigenvalue weighted by Crippen LogP contribution is -2.39. The Morgan fingerprint density at radius 1 is 0.805 bits per heavy atom. The van der Waals surface area contributed by atoms with Crippen molar-refractivity contribution < 1.29 is 24.5 Å². The maximum atomic E-state index is 12.8. The van der Waals surface area contributed by atoms with E-state index in [1.807, 2.05) is 0 Å². The maximum Gasteiger partial charge on any atom is 0.306 e. The zero-order valence-electron chi connectivity index (χ0n) is 27.8. The summed E-state index contributed by atoms with van der Waals surface area (Å²) in [6.45, 7) is 13.6. The van der Waals surface area contributed by atoms with E-state index in [0.717, 1.165) is 51.6 Å². The average molecular weight is 584 g/mol. The molecule has 6 heteroatoms. The number of ether oxygens (including phenoxy) is 2. The van der Waals surface area contributed by atoms with Crippen molar-refractivity contribution in [2.45, 2.75) is 181 Å². The molecule has 244 valence electrons. The highest BCUT2D eigenvalue weighted by Gasteiger charge is 2.38. The number of unbranched alkanes of at least 4 members (excludes halogenated alkanes) is 10. The fourth-order valence-corrected chi connectivity index (χ4v) is 6.34. The molecule has 0 aromatic carbocycles. The number of hydrogen-bond donors (Lipinski definition) is 2. The van der Waals surface area contributed by atoms with Crippen LogP contribution in [0.4, 0.5) is 0 Å². The minimum atomic E-state index is -0.393. The van der Waals surface area contributed by atoms with Crippen LogP contribution in [0.3, 0.4) is 0 Å². The molecule has 1 aliphatic heterocycles. The third-order valence-electron chi connectivity index (χ3n) is 9.18. The number of esters is 1. The van der Waals surface area contributed by atoms with Crippen LogP contribution in [0.5, 0.6) is 0 Å². The van der Waals surface area contributed by atoms with Crippen LogP contribution in [0, 0.1) is 11.8 Å². The third-order valence-corrected chi connectivity index (χ3v) is 9.18. The van der Waals surface area contributed by atoms with Gasteiger partial charge in [-0.25, -0.2) is 0 Å². The van der Waals surface area contributed by atoms with E-state index in [4.69, 9.17) is 9.47 Å². The quantitative estimate of drug-likeness (QED) is 0.0752. The molecule has 0 spiro atoms. The molecule has 1 fully saturated rings. The van der Waals surface area contributed by atoms with Gasteiger partial charge < -0.3 is 19.7 Å². The molecular weight excluding hydrogens is 514 g/mol. The molecule has 1 heterocycles. The molecule has 0 aromatic heterocycles. The van der Waals surface area contributed by atoms with E-state index >= 15 is 0 Å². The van der Waals surface area contributed by atoms with E-state index in [2.05, 4.69) is 39.5 Å². The van der Waals surface area contributed by atoms with Crippen LogP contribution >= 0.6 is 0 Å². The van der Waals surface area contributed by atoms with Crippen LogP contribution < -0.4 is 0 Å². The number of rotatable bonds is 27. The lowest BCUT2D eigenvalue weighted by Gasteiger charge is -2.30. The highest BCUT2D eigenvalue weighted by Crippen LogP contribution is 2.34. The summed E-state index contributed by atoms with van der Waals surface area (Å²) in [5, 5.41) is 21.5. The predicted octanol–water partition coefficient (Wildman–Crippen LogP) is 8.06. The largest absolute Gasteiger partial charge is 0.460 e. The van der Waals surface area contributed by atoms with Crippen molar-refractivity contribution in [3.8, 4) is 0 Å². The lowest BCUT2D eigenvalue weighted by atomic mass is 9.83.